The Balaban J connectivity index is 2.23. The van der Waals surface area contributed by atoms with Crippen LogP contribution < -0.4 is 14.4 Å². The number of nitrogens with zero attached hydrogens (tertiary/aromatic N) is 2. The second kappa shape index (κ2) is 13.3. The summed E-state index contributed by atoms with van der Waals surface area (Å²) < 4.78 is 31.6. The van der Waals surface area contributed by atoms with Gasteiger partial charge in [-0.15, -0.1) is 0 Å². The molecule has 1 unspecified atom stereocenters. The van der Waals surface area contributed by atoms with Gasteiger partial charge in [0.1, 0.15) is 11.8 Å². The van der Waals surface area contributed by atoms with E-state index >= 15 is 0 Å². The van der Waals surface area contributed by atoms with Crippen molar-refractivity contribution in [2.75, 3.05) is 24.2 Å². The number of sulfonamides is 1. The monoisotopic (exact) mass is 517 g/mol. The molecular weight excluding hydrogens is 478 g/mol. The number of rotatable bonds is 13. The minimum atomic E-state index is -3.53. The van der Waals surface area contributed by atoms with Crippen LogP contribution in [0, 0.1) is 6.92 Å². The first-order chi connectivity index (χ1) is 17.0. The third kappa shape index (κ3) is 8.26. The summed E-state index contributed by atoms with van der Waals surface area (Å²) in [4.78, 5) is 28.0. The van der Waals surface area contributed by atoms with Gasteiger partial charge >= 0.3 is 0 Å². The van der Waals surface area contributed by atoms with Crippen molar-refractivity contribution in [3.05, 3.63) is 59.7 Å². The number of carbonyl (C=O) groups is 2. The summed E-state index contributed by atoms with van der Waals surface area (Å²) in [7, 11) is -1.94. The predicted molar refractivity (Wildman–Crippen MR) is 144 cm³/mol. The number of anilines is 1. The van der Waals surface area contributed by atoms with Gasteiger partial charge in [-0.2, -0.15) is 0 Å². The van der Waals surface area contributed by atoms with Gasteiger partial charge in [-0.25, -0.2) is 8.42 Å². The van der Waals surface area contributed by atoms with Crippen molar-refractivity contribution in [1.29, 1.82) is 0 Å². The van der Waals surface area contributed by atoms with Crippen LogP contribution in [0.5, 0.6) is 5.75 Å². The Labute approximate surface area is 215 Å². The number of hydrogen-bond donors (Lipinski definition) is 1. The molecule has 0 saturated carbocycles. The molecule has 2 aromatic rings. The van der Waals surface area contributed by atoms with E-state index in [9.17, 15) is 18.0 Å². The summed E-state index contributed by atoms with van der Waals surface area (Å²) in [6, 6.07) is 14.0. The SMILES string of the molecule is CCC(C(=O)NC(C)C)N(Cc1ccc(OC)cc1)C(=O)CCCN(c1ccccc1C)S(C)(=O)=O. The second-order valence-corrected chi connectivity index (χ2v) is 11.1. The molecule has 2 aromatic carbocycles. The largest absolute Gasteiger partial charge is 0.497 e. The topological polar surface area (TPSA) is 96.0 Å². The van der Waals surface area contributed by atoms with Crippen LogP contribution in [0.3, 0.4) is 0 Å². The van der Waals surface area contributed by atoms with Crippen molar-refractivity contribution in [3.63, 3.8) is 0 Å². The zero-order chi connectivity index (χ0) is 26.9. The van der Waals surface area contributed by atoms with Crippen LogP contribution >= 0.6 is 0 Å². The lowest BCUT2D eigenvalue weighted by molar-refractivity contribution is -0.141. The average molecular weight is 518 g/mol. The van der Waals surface area contributed by atoms with Crippen molar-refractivity contribution in [2.45, 2.75) is 65.6 Å². The van der Waals surface area contributed by atoms with E-state index in [-0.39, 0.29) is 37.4 Å². The Hall–Kier alpha value is -3.07. The molecule has 0 aliphatic rings. The maximum absolute atomic E-state index is 13.4. The molecule has 0 fully saturated rings. The number of para-hydroxylation sites is 1. The maximum Gasteiger partial charge on any atom is 0.243 e. The first kappa shape index (κ1) is 29.2. The highest BCUT2D eigenvalue weighted by molar-refractivity contribution is 7.92. The smallest absolute Gasteiger partial charge is 0.243 e. The van der Waals surface area contributed by atoms with Crippen LogP contribution in [-0.4, -0.2) is 57.1 Å². The summed E-state index contributed by atoms with van der Waals surface area (Å²) in [5, 5.41) is 2.91. The normalized spacial score (nSPS) is 12.2. The molecule has 0 heterocycles. The van der Waals surface area contributed by atoms with Gasteiger partial charge in [0.15, 0.2) is 0 Å². The molecule has 0 spiro atoms. The fourth-order valence-corrected chi connectivity index (χ4v) is 5.08. The van der Waals surface area contributed by atoms with Crippen molar-refractivity contribution < 1.29 is 22.7 Å². The minimum absolute atomic E-state index is 0.0538. The Bertz CT molecular complexity index is 1120. The fourth-order valence-electron chi connectivity index (χ4n) is 4.05. The van der Waals surface area contributed by atoms with Gasteiger partial charge in [0.2, 0.25) is 21.8 Å². The number of ether oxygens (including phenoxy) is 1. The van der Waals surface area contributed by atoms with E-state index in [4.69, 9.17) is 4.74 Å². The fraction of sp³-hybridized carbons (Fsp3) is 0.481. The van der Waals surface area contributed by atoms with E-state index in [0.717, 1.165) is 11.1 Å². The molecule has 0 aromatic heterocycles. The molecule has 1 atom stereocenters. The third-order valence-corrected chi connectivity index (χ3v) is 7.05. The number of carbonyl (C=O) groups excluding carboxylic acids is 2. The average Bonchev–Trinajstić information content (AvgIpc) is 2.81. The van der Waals surface area contributed by atoms with Crippen LogP contribution in [0.1, 0.15) is 51.2 Å². The second-order valence-electron chi connectivity index (χ2n) is 9.18. The highest BCUT2D eigenvalue weighted by Gasteiger charge is 2.29. The molecule has 2 amide bonds. The van der Waals surface area contributed by atoms with E-state index in [2.05, 4.69) is 5.32 Å². The molecule has 36 heavy (non-hydrogen) atoms. The quantitative estimate of drug-likeness (QED) is 0.435. The maximum atomic E-state index is 13.4. The highest BCUT2D eigenvalue weighted by Crippen LogP contribution is 2.23. The van der Waals surface area contributed by atoms with Crippen molar-refractivity contribution in [1.82, 2.24) is 10.2 Å². The Kier molecular flexibility index (Phi) is 10.8. The molecule has 9 heteroatoms. The lowest BCUT2D eigenvalue weighted by atomic mass is 10.1. The lowest BCUT2D eigenvalue weighted by Gasteiger charge is -2.31. The number of methoxy groups -OCH3 is 1. The molecule has 8 nitrogen and oxygen atoms in total. The van der Waals surface area contributed by atoms with E-state index in [0.29, 0.717) is 24.3 Å². The van der Waals surface area contributed by atoms with Gasteiger partial charge in [-0.3, -0.25) is 13.9 Å². The van der Waals surface area contributed by atoms with E-state index < -0.39 is 16.1 Å². The third-order valence-electron chi connectivity index (χ3n) is 5.87. The summed E-state index contributed by atoms with van der Waals surface area (Å²) in [5.41, 5.74) is 2.31. The van der Waals surface area contributed by atoms with Crippen LogP contribution in [0.15, 0.2) is 48.5 Å². The highest BCUT2D eigenvalue weighted by atomic mass is 32.2. The molecule has 2 rings (SSSR count). The molecule has 0 aliphatic carbocycles. The number of hydrogen-bond acceptors (Lipinski definition) is 5. The summed E-state index contributed by atoms with van der Waals surface area (Å²) in [5.74, 6) is 0.306. The van der Waals surface area contributed by atoms with E-state index in [1.807, 2.05) is 64.1 Å². The van der Waals surface area contributed by atoms with Crippen molar-refractivity contribution in [3.8, 4) is 5.75 Å². The number of benzene rings is 2. The van der Waals surface area contributed by atoms with Gasteiger partial charge < -0.3 is 15.0 Å². The Morgan fingerprint density at radius 1 is 1.06 bits per heavy atom. The number of amides is 2. The molecule has 1 N–H and O–H groups in total. The van der Waals surface area contributed by atoms with Crippen LogP contribution in [0.25, 0.3) is 0 Å². The van der Waals surface area contributed by atoms with Gasteiger partial charge in [-0.1, -0.05) is 37.3 Å². The van der Waals surface area contributed by atoms with Gasteiger partial charge in [-0.05, 0) is 62.9 Å². The summed E-state index contributed by atoms with van der Waals surface area (Å²) in [6.45, 7) is 7.93. The lowest BCUT2D eigenvalue weighted by Crippen LogP contribution is -2.50. The van der Waals surface area contributed by atoms with Crippen LogP contribution in [0.4, 0.5) is 5.69 Å². The molecule has 0 radical (unpaired) electrons. The first-order valence-corrected chi connectivity index (χ1v) is 14.1. The van der Waals surface area contributed by atoms with Gasteiger partial charge in [0.25, 0.3) is 0 Å². The molecule has 198 valence electrons. The molecule has 0 aliphatic heterocycles. The Morgan fingerprint density at radius 3 is 2.22 bits per heavy atom. The standard InChI is InChI=1S/C27H39N3O5S/c1-7-24(27(32)28-20(2)3)29(19-22-14-16-23(35-5)17-15-22)26(31)13-10-18-30(36(6,33)34)25-12-9-8-11-21(25)4/h8-9,11-12,14-17,20,24H,7,10,13,18-19H2,1-6H3,(H,28,32). The van der Waals surface area contributed by atoms with E-state index in [1.54, 1.807) is 24.1 Å². The number of aryl methyl sites for hydroxylation is 1. The van der Waals surface area contributed by atoms with Gasteiger partial charge in [0.05, 0.1) is 19.1 Å². The summed E-state index contributed by atoms with van der Waals surface area (Å²) >= 11 is 0. The summed E-state index contributed by atoms with van der Waals surface area (Å²) in [6.07, 6.45) is 2.06. The number of nitrogens with one attached hydrogen (secondary N) is 1. The van der Waals surface area contributed by atoms with Crippen LogP contribution in [-0.2, 0) is 26.2 Å². The van der Waals surface area contributed by atoms with Crippen molar-refractivity contribution >= 4 is 27.5 Å². The first-order valence-electron chi connectivity index (χ1n) is 12.2. The Morgan fingerprint density at radius 2 is 1.69 bits per heavy atom. The molecule has 0 saturated heterocycles. The molecular formula is C27H39N3O5S. The van der Waals surface area contributed by atoms with Crippen molar-refractivity contribution in [2.24, 2.45) is 0 Å². The minimum Gasteiger partial charge on any atom is -0.497 e. The van der Waals surface area contributed by atoms with Gasteiger partial charge in [0, 0.05) is 25.6 Å². The predicted octanol–water partition coefficient (Wildman–Crippen LogP) is 3.88. The van der Waals surface area contributed by atoms with Crippen LogP contribution in [0.2, 0.25) is 0 Å². The molecule has 0 bridgehead atoms. The zero-order valence-electron chi connectivity index (χ0n) is 22.2. The van der Waals surface area contributed by atoms with E-state index in [1.165, 1.54) is 10.6 Å². The zero-order valence-corrected chi connectivity index (χ0v) is 23.0.